The fourth-order valence-corrected chi connectivity index (χ4v) is 7.94. The van der Waals surface area contributed by atoms with E-state index in [1.165, 1.54) is 16.4 Å². The van der Waals surface area contributed by atoms with Gasteiger partial charge in [0.1, 0.15) is 5.82 Å². The van der Waals surface area contributed by atoms with Crippen LogP contribution in [-0.2, 0) is 26.0 Å². The summed E-state index contributed by atoms with van der Waals surface area (Å²) in [5.74, 6) is -0.558. The van der Waals surface area contributed by atoms with Crippen molar-refractivity contribution in [2.45, 2.75) is 43.0 Å². The third-order valence-electron chi connectivity index (χ3n) is 8.43. The molecule has 9 heteroatoms. The molecule has 2 aliphatic heterocycles. The number of hydrogen-bond acceptors (Lipinski definition) is 5. The van der Waals surface area contributed by atoms with Crippen LogP contribution in [0.5, 0.6) is 0 Å². The number of benzene rings is 4. The lowest BCUT2D eigenvalue weighted by Crippen LogP contribution is -2.48. The van der Waals surface area contributed by atoms with Crippen LogP contribution in [0.3, 0.4) is 0 Å². The number of nitrogens with zero attached hydrogens (tertiary/aromatic N) is 2. The first kappa shape index (κ1) is 29.2. The Kier molecular flexibility index (Phi) is 8.13. The van der Waals surface area contributed by atoms with Crippen LogP contribution in [0.15, 0.2) is 83.8 Å². The SMILES string of the molecule is COCCCN1C(=O)c2cccc3c(CC(=O)C4CCCCN4S(=O)(=O)c4ccc(-c5ccc(F)cc5)cc4)ccc1c23. The van der Waals surface area contributed by atoms with Gasteiger partial charge in [0.15, 0.2) is 5.78 Å². The molecule has 4 aromatic rings. The molecule has 1 fully saturated rings. The fraction of sp³-hybridized carbons (Fsp3) is 0.294. The Hall–Kier alpha value is -3.92. The molecule has 2 heterocycles. The Morgan fingerprint density at radius 3 is 2.40 bits per heavy atom. The van der Waals surface area contributed by atoms with Crippen LogP contribution in [0.1, 0.15) is 41.6 Å². The number of amides is 1. The normalized spacial score (nSPS) is 17.1. The van der Waals surface area contributed by atoms with Crippen LogP contribution < -0.4 is 4.90 Å². The summed E-state index contributed by atoms with van der Waals surface area (Å²) in [6, 6.07) is 21.1. The topological polar surface area (TPSA) is 84.0 Å². The van der Waals surface area contributed by atoms with Gasteiger partial charge in [-0.3, -0.25) is 9.59 Å². The number of carbonyl (C=O) groups is 2. The van der Waals surface area contributed by atoms with E-state index in [1.807, 2.05) is 30.3 Å². The van der Waals surface area contributed by atoms with Gasteiger partial charge >= 0.3 is 0 Å². The number of piperidine rings is 1. The molecule has 7 nitrogen and oxygen atoms in total. The highest BCUT2D eigenvalue weighted by molar-refractivity contribution is 7.89. The predicted molar refractivity (Wildman–Crippen MR) is 164 cm³/mol. The number of ketones is 1. The Bertz CT molecular complexity index is 1790. The standard InChI is InChI=1S/C34H33FN2O5S/c1-42-21-5-19-36-31-18-13-25(28-6-4-7-29(33(28)31)34(36)39)22-32(38)30-8-2-3-20-37(30)43(40,41)27-16-11-24(12-17-27)23-9-14-26(35)15-10-23/h4,6-7,9-18,30H,2-3,5,8,19-22H2,1H3. The Labute approximate surface area is 250 Å². The summed E-state index contributed by atoms with van der Waals surface area (Å²) in [5, 5.41) is 1.68. The van der Waals surface area contributed by atoms with Crippen molar-refractivity contribution >= 4 is 38.2 Å². The number of ether oxygens (including phenoxy) is 1. The van der Waals surface area contributed by atoms with Crippen molar-refractivity contribution in [3.63, 3.8) is 0 Å². The van der Waals surface area contributed by atoms with Crippen molar-refractivity contribution in [1.82, 2.24) is 4.31 Å². The van der Waals surface area contributed by atoms with E-state index in [0.29, 0.717) is 38.0 Å². The number of halogens is 1. The fourth-order valence-electron chi connectivity index (χ4n) is 6.27. The quantitative estimate of drug-likeness (QED) is 0.209. The van der Waals surface area contributed by atoms with Crippen molar-refractivity contribution in [3.8, 4) is 11.1 Å². The van der Waals surface area contributed by atoms with Crippen LogP contribution >= 0.6 is 0 Å². The molecule has 0 aliphatic carbocycles. The molecule has 0 saturated carbocycles. The Morgan fingerprint density at radius 2 is 1.67 bits per heavy atom. The van der Waals surface area contributed by atoms with Crippen LogP contribution in [-0.4, -0.2) is 57.3 Å². The summed E-state index contributed by atoms with van der Waals surface area (Å²) >= 11 is 0. The summed E-state index contributed by atoms with van der Waals surface area (Å²) in [6.07, 6.45) is 2.68. The van der Waals surface area contributed by atoms with Gasteiger partial charge in [-0.15, -0.1) is 0 Å². The number of carbonyl (C=O) groups excluding carboxylic acids is 2. The average Bonchev–Trinajstić information content (AvgIpc) is 3.30. The highest BCUT2D eigenvalue weighted by Crippen LogP contribution is 2.39. The first-order chi connectivity index (χ1) is 20.8. The minimum atomic E-state index is -3.93. The molecule has 2 aliphatic rings. The average molecular weight is 601 g/mol. The highest BCUT2D eigenvalue weighted by Gasteiger charge is 2.38. The highest BCUT2D eigenvalue weighted by atomic mass is 32.2. The number of Topliss-reactive ketones (excluding diaryl/α,β-unsaturated/α-hetero) is 1. The van der Waals surface area contributed by atoms with E-state index in [4.69, 9.17) is 4.74 Å². The molecule has 222 valence electrons. The Morgan fingerprint density at radius 1 is 0.953 bits per heavy atom. The van der Waals surface area contributed by atoms with Gasteiger partial charge < -0.3 is 9.64 Å². The lowest BCUT2D eigenvalue weighted by molar-refractivity contribution is -0.122. The van der Waals surface area contributed by atoms with Crippen LogP contribution in [0.4, 0.5) is 10.1 Å². The summed E-state index contributed by atoms with van der Waals surface area (Å²) in [4.78, 5) is 28.9. The van der Waals surface area contributed by atoms with E-state index in [2.05, 4.69) is 0 Å². The Balaban J connectivity index is 1.25. The maximum Gasteiger partial charge on any atom is 0.258 e. The van der Waals surface area contributed by atoms with Crippen molar-refractivity contribution < 1.29 is 27.1 Å². The van der Waals surface area contributed by atoms with E-state index in [1.54, 1.807) is 48.4 Å². The molecule has 1 amide bonds. The minimum Gasteiger partial charge on any atom is -0.385 e. The van der Waals surface area contributed by atoms with Gasteiger partial charge in [0.05, 0.1) is 16.6 Å². The molecule has 0 aromatic heterocycles. The zero-order valence-corrected chi connectivity index (χ0v) is 24.8. The molecule has 6 rings (SSSR count). The molecule has 43 heavy (non-hydrogen) atoms. The van der Waals surface area contributed by atoms with Crippen LogP contribution in [0.25, 0.3) is 21.9 Å². The molecular formula is C34H33FN2O5S. The van der Waals surface area contributed by atoms with Gasteiger partial charge in [-0.1, -0.05) is 48.9 Å². The number of sulfonamides is 1. The second-order valence-corrected chi connectivity index (χ2v) is 13.0. The lowest BCUT2D eigenvalue weighted by Gasteiger charge is -2.34. The first-order valence-electron chi connectivity index (χ1n) is 14.6. The largest absolute Gasteiger partial charge is 0.385 e. The molecule has 0 N–H and O–H groups in total. The van der Waals surface area contributed by atoms with Gasteiger partial charge in [-0.25, -0.2) is 12.8 Å². The third kappa shape index (κ3) is 5.48. The van der Waals surface area contributed by atoms with Crippen molar-refractivity contribution in [2.24, 2.45) is 0 Å². The van der Waals surface area contributed by atoms with Gasteiger partial charge in [-0.2, -0.15) is 4.31 Å². The van der Waals surface area contributed by atoms with Gasteiger partial charge in [0, 0.05) is 44.2 Å². The molecule has 4 aromatic carbocycles. The number of methoxy groups -OCH3 is 1. The van der Waals surface area contributed by atoms with Crippen LogP contribution in [0.2, 0.25) is 0 Å². The summed E-state index contributed by atoms with van der Waals surface area (Å²) in [7, 11) is -2.30. The van der Waals surface area contributed by atoms with E-state index in [-0.39, 0.29) is 35.4 Å². The molecule has 0 spiro atoms. The van der Waals surface area contributed by atoms with Gasteiger partial charge in [0.2, 0.25) is 10.0 Å². The first-order valence-corrected chi connectivity index (χ1v) is 16.0. The lowest BCUT2D eigenvalue weighted by atomic mass is 9.93. The molecule has 1 saturated heterocycles. The second-order valence-electron chi connectivity index (χ2n) is 11.1. The van der Waals surface area contributed by atoms with Gasteiger partial charge in [0.25, 0.3) is 5.91 Å². The maximum atomic E-state index is 13.8. The molecule has 1 atom stereocenters. The zero-order valence-electron chi connectivity index (χ0n) is 24.0. The van der Waals surface area contributed by atoms with E-state index in [0.717, 1.165) is 39.6 Å². The van der Waals surface area contributed by atoms with E-state index < -0.39 is 16.1 Å². The number of anilines is 1. The molecular weight excluding hydrogens is 567 g/mol. The molecule has 0 radical (unpaired) electrons. The van der Waals surface area contributed by atoms with E-state index >= 15 is 0 Å². The predicted octanol–water partition coefficient (Wildman–Crippen LogP) is 6.00. The molecule has 1 unspecified atom stereocenters. The number of hydrogen-bond donors (Lipinski definition) is 0. The van der Waals surface area contributed by atoms with Crippen molar-refractivity contribution in [3.05, 3.63) is 95.8 Å². The van der Waals surface area contributed by atoms with Crippen molar-refractivity contribution in [2.75, 3.05) is 31.7 Å². The smallest absolute Gasteiger partial charge is 0.258 e. The summed E-state index contributed by atoms with van der Waals surface area (Å²) < 4.78 is 47.5. The summed E-state index contributed by atoms with van der Waals surface area (Å²) in [5.41, 5.74) is 3.78. The monoisotopic (exact) mass is 600 g/mol. The van der Waals surface area contributed by atoms with Crippen LogP contribution in [0, 0.1) is 5.82 Å². The van der Waals surface area contributed by atoms with Gasteiger partial charge in [-0.05, 0) is 77.7 Å². The third-order valence-corrected chi connectivity index (χ3v) is 10.4. The number of rotatable bonds is 10. The minimum absolute atomic E-state index is 0.0600. The maximum absolute atomic E-state index is 13.8. The zero-order chi connectivity index (χ0) is 30.1. The molecule has 0 bridgehead atoms. The van der Waals surface area contributed by atoms with Crippen molar-refractivity contribution in [1.29, 1.82) is 0 Å². The summed E-state index contributed by atoms with van der Waals surface area (Å²) in [6.45, 7) is 1.36. The van der Waals surface area contributed by atoms with E-state index in [9.17, 15) is 22.4 Å². The second kappa shape index (κ2) is 12.0.